The van der Waals surface area contributed by atoms with Crippen molar-refractivity contribution in [1.29, 1.82) is 0 Å². The first-order valence-corrected chi connectivity index (χ1v) is 19.5. The SMILES string of the molecule is [C-]#[N+]/C=C1/CC[C@H]2[C@@H]3CC[C@@H]4C[C@H](O)CC[C@]4(C)[C@H]3CC[C@]12C.[C-]#[N+]/C=C1/CC[C@H]2[C@@H]3CC[C@H]4C[C@H](O)CC[C@]4(C)[C@H]3CC[C@]12C. The normalized spacial score (nSPS) is 54.0. The van der Waals surface area contributed by atoms with Gasteiger partial charge in [0.25, 0.3) is 0 Å². The standard InChI is InChI=1S/2C21H31NO/c2*1-20-10-8-16(23)12-14(20)4-6-17-18-7-5-15(13-22-3)21(18,2)11-9-19(17)20/h2*13-14,16-19,23H,4-12H2,1-2H3/b2*15-13-/t14-,16+,17-,18-,19-,20-,21+;14-,16-,17+,18+,19+,20+,21-/m01/s1. The van der Waals surface area contributed by atoms with Crippen LogP contribution in [-0.2, 0) is 0 Å². The van der Waals surface area contributed by atoms with Crippen molar-refractivity contribution < 1.29 is 10.2 Å². The summed E-state index contributed by atoms with van der Waals surface area (Å²) in [5, 5.41) is 20.2. The van der Waals surface area contributed by atoms with Gasteiger partial charge in [-0.15, -0.1) is 0 Å². The summed E-state index contributed by atoms with van der Waals surface area (Å²) in [6, 6.07) is 0. The number of allylic oxidation sites excluding steroid dienone is 2. The maximum absolute atomic E-state index is 10.1. The van der Waals surface area contributed by atoms with Gasteiger partial charge in [0.2, 0.25) is 0 Å². The summed E-state index contributed by atoms with van der Waals surface area (Å²) in [5.74, 6) is 6.55. The first kappa shape index (κ1) is 32.9. The first-order chi connectivity index (χ1) is 22.0. The second kappa shape index (κ2) is 12.1. The lowest BCUT2D eigenvalue weighted by Gasteiger charge is -2.60. The molecule has 8 fully saturated rings. The Morgan fingerprint density at radius 2 is 0.957 bits per heavy atom. The van der Waals surface area contributed by atoms with E-state index in [1.54, 1.807) is 0 Å². The van der Waals surface area contributed by atoms with E-state index in [1.807, 2.05) is 12.4 Å². The molecule has 0 amide bonds. The largest absolute Gasteiger partial charge is 0.393 e. The van der Waals surface area contributed by atoms with E-state index in [9.17, 15) is 10.2 Å². The molecule has 4 heteroatoms. The van der Waals surface area contributed by atoms with E-state index in [4.69, 9.17) is 13.1 Å². The molecule has 0 saturated heterocycles. The lowest BCUT2D eigenvalue weighted by molar-refractivity contribution is -0.116. The number of hydrogen-bond acceptors (Lipinski definition) is 2. The van der Waals surface area contributed by atoms with Gasteiger partial charge in [-0.05, 0) is 185 Å². The van der Waals surface area contributed by atoms with Gasteiger partial charge in [-0.2, -0.15) is 0 Å². The highest BCUT2D eigenvalue weighted by molar-refractivity contribution is 5.27. The maximum atomic E-state index is 10.1. The highest BCUT2D eigenvalue weighted by atomic mass is 16.3. The van der Waals surface area contributed by atoms with Crippen LogP contribution in [0.2, 0.25) is 0 Å². The lowest BCUT2D eigenvalue weighted by atomic mass is 9.45. The Bertz CT molecular complexity index is 1220. The van der Waals surface area contributed by atoms with E-state index in [-0.39, 0.29) is 12.2 Å². The fraction of sp³-hybridized carbons (Fsp3) is 0.857. The first-order valence-electron chi connectivity index (χ1n) is 19.5. The topological polar surface area (TPSA) is 49.2 Å². The van der Waals surface area contributed by atoms with E-state index in [0.29, 0.717) is 21.7 Å². The fourth-order valence-electron chi connectivity index (χ4n) is 14.7. The summed E-state index contributed by atoms with van der Waals surface area (Å²) < 4.78 is 0. The van der Waals surface area contributed by atoms with E-state index < -0.39 is 0 Å². The molecule has 2 N–H and O–H groups in total. The Morgan fingerprint density at radius 1 is 0.543 bits per heavy atom. The summed E-state index contributed by atoms with van der Waals surface area (Å²) in [5.41, 5.74) is 4.45. The molecule has 0 heterocycles. The summed E-state index contributed by atoms with van der Waals surface area (Å²) in [6.45, 7) is 24.5. The van der Waals surface area contributed by atoms with Gasteiger partial charge in [0, 0.05) is 0 Å². The molecule has 8 aliphatic carbocycles. The number of nitrogens with zero attached hydrogens (tertiary/aromatic N) is 2. The number of aliphatic hydroxyl groups excluding tert-OH is 2. The number of rotatable bonds is 0. The molecule has 0 aromatic rings. The summed E-state index contributed by atoms with van der Waals surface area (Å²) in [6.07, 6.45) is 25.8. The number of fused-ring (bicyclic) bond motifs is 10. The van der Waals surface area contributed by atoms with Gasteiger partial charge in [-0.1, -0.05) is 38.8 Å². The van der Waals surface area contributed by atoms with Crippen molar-refractivity contribution in [1.82, 2.24) is 0 Å². The molecular formula is C42H62N2O2. The molecule has 0 aliphatic heterocycles. The van der Waals surface area contributed by atoms with E-state index in [2.05, 4.69) is 37.4 Å². The minimum Gasteiger partial charge on any atom is -0.393 e. The van der Waals surface area contributed by atoms with Crippen molar-refractivity contribution in [3.05, 3.63) is 46.4 Å². The van der Waals surface area contributed by atoms with E-state index in [0.717, 1.165) is 85.9 Å². The molecule has 0 aromatic heterocycles. The second-order valence-electron chi connectivity index (χ2n) is 18.7. The molecule has 0 unspecified atom stereocenters. The third-order valence-corrected chi connectivity index (χ3v) is 17.4. The summed E-state index contributed by atoms with van der Waals surface area (Å²) in [7, 11) is 0. The zero-order valence-electron chi connectivity index (χ0n) is 29.4. The van der Waals surface area contributed by atoms with Crippen molar-refractivity contribution >= 4 is 0 Å². The second-order valence-corrected chi connectivity index (χ2v) is 18.7. The predicted octanol–water partition coefficient (Wildman–Crippen LogP) is 10.4. The molecule has 0 bridgehead atoms. The molecule has 0 radical (unpaired) electrons. The van der Waals surface area contributed by atoms with Crippen LogP contribution < -0.4 is 0 Å². The zero-order valence-corrected chi connectivity index (χ0v) is 29.4. The highest BCUT2D eigenvalue weighted by Crippen LogP contribution is 2.69. The Kier molecular flexibility index (Phi) is 8.63. The third kappa shape index (κ3) is 5.01. The van der Waals surface area contributed by atoms with Gasteiger partial charge in [0.05, 0.1) is 25.4 Å². The average Bonchev–Trinajstić information content (AvgIpc) is 3.55. The summed E-state index contributed by atoms with van der Waals surface area (Å²) >= 11 is 0. The molecule has 0 aromatic carbocycles. The van der Waals surface area contributed by atoms with Gasteiger partial charge in [0.15, 0.2) is 12.4 Å². The molecule has 8 rings (SSSR count). The van der Waals surface area contributed by atoms with Crippen molar-refractivity contribution in [2.45, 2.75) is 155 Å². The Morgan fingerprint density at radius 3 is 1.35 bits per heavy atom. The van der Waals surface area contributed by atoms with Gasteiger partial charge >= 0.3 is 0 Å². The third-order valence-electron chi connectivity index (χ3n) is 17.4. The highest BCUT2D eigenvalue weighted by Gasteiger charge is 2.60. The van der Waals surface area contributed by atoms with Crippen LogP contribution in [0.25, 0.3) is 9.69 Å². The Labute approximate surface area is 280 Å². The molecule has 4 nitrogen and oxygen atoms in total. The Balaban J connectivity index is 0.000000147. The van der Waals surface area contributed by atoms with Crippen LogP contribution in [0.1, 0.15) is 143 Å². The van der Waals surface area contributed by atoms with Crippen molar-refractivity contribution in [2.75, 3.05) is 0 Å². The van der Waals surface area contributed by atoms with Crippen LogP contribution in [-0.4, -0.2) is 22.4 Å². The van der Waals surface area contributed by atoms with Gasteiger partial charge < -0.3 is 10.2 Å². The van der Waals surface area contributed by atoms with Gasteiger partial charge in [-0.3, -0.25) is 0 Å². The average molecular weight is 627 g/mol. The van der Waals surface area contributed by atoms with Crippen LogP contribution in [0.4, 0.5) is 0 Å². The van der Waals surface area contributed by atoms with E-state index in [1.165, 1.54) is 88.2 Å². The predicted molar refractivity (Wildman–Crippen MR) is 185 cm³/mol. The molecule has 46 heavy (non-hydrogen) atoms. The van der Waals surface area contributed by atoms with Crippen LogP contribution in [0.3, 0.4) is 0 Å². The molecule has 8 aliphatic rings. The van der Waals surface area contributed by atoms with Crippen LogP contribution in [0, 0.1) is 82.1 Å². The maximum Gasteiger partial charge on any atom is 0.154 e. The minimum absolute atomic E-state index is 0.0434. The fourth-order valence-corrected chi connectivity index (χ4v) is 14.7. The molecule has 0 spiro atoms. The smallest absolute Gasteiger partial charge is 0.154 e. The van der Waals surface area contributed by atoms with Crippen molar-refractivity contribution in [2.24, 2.45) is 69.0 Å². The Hall–Kier alpha value is -1.62. The zero-order chi connectivity index (χ0) is 32.5. The van der Waals surface area contributed by atoms with Crippen molar-refractivity contribution in [3.63, 3.8) is 0 Å². The van der Waals surface area contributed by atoms with Crippen LogP contribution in [0.5, 0.6) is 0 Å². The molecular weight excluding hydrogens is 564 g/mol. The quantitative estimate of drug-likeness (QED) is 0.263. The number of hydrogen-bond donors (Lipinski definition) is 2. The number of aliphatic hydroxyl groups is 2. The lowest BCUT2D eigenvalue weighted by Crippen LogP contribution is -2.53. The molecule has 8 saturated carbocycles. The van der Waals surface area contributed by atoms with Gasteiger partial charge in [-0.25, -0.2) is 9.69 Å². The van der Waals surface area contributed by atoms with E-state index >= 15 is 0 Å². The summed E-state index contributed by atoms with van der Waals surface area (Å²) in [4.78, 5) is 7.21. The van der Waals surface area contributed by atoms with Crippen LogP contribution in [0.15, 0.2) is 23.5 Å². The van der Waals surface area contributed by atoms with Crippen LogP contribution >= 0.6 is 0 Å². The minimum atomic E-state index is -0.0434. The molecule has 14 atom stereocenters. The van der Waals surface area contributed by atoms with Gasteiger partial charge in [0.1, 0.15) is 0 Å². The molecule has 252 valence electrons. The monoisotopic (exact) mass is 626 g/mol. The van der Waals surface area contributed by atoms with Crippen molar-refractivity contribution in [3.8, 4) is 0 Å².